The normalized spacial score (nSPS) is 26.0. The van der Waals surface area contributed by atoms with Crippen LogP contribution in [0.5, 0.6) is 5.75 Å². The van der Waals surface area contributed by atoms with Crippen molar-refractivity contribution in [2.75, 3.05) is 6.61 Å². The maximum Gasteiger partial charge on any atom is 0.125 e. The predicted molar refractivity (Wildman–Crippen MR) is 84.0 cm³/mol. The average molecular weight is 336 g/mol. The highest BCUT2D eigenvalue weighted by Gasteiger charge is 2.42. The summed E-state index contributed by atoms with van der Waals surface area (Å²) in [5.74, 6) is 2.97. The number of nitrogens with one attached hydrogen (secondary N) is 1. The molecule has 0 radical (unpaired) electrons. The summed E-state index contributed by atoms with van der Waals surface area (Å²) < 4.78 is 7.03. The van der Waals surface area contributed by atoms with Gasteiger partial charge in [-0.1, -0.05) is 22.0 Å². The fourth-order valence-electron chi connectivity index (χ4n) is 3.52. The first kappa shape index (κ1) is 13.1. The highest BCUT2D eigenvalue weighted by molar-refractivity contribution is 9.10. The van der Waals surface area contributed by atoms with Gasteiger partial charge < -0.3 is 10.1 Å². The lowest BCUT2D eigenvalue weighted by Crippen LogP contribution is -2.36. The molecule has 0 amide bonds. The third-order valence-corrected chi connectivity index (χ3v) is 5.39. The quantitative estimate of drug-likeness (QED) is 0.878. The van der Waals surface area contributed by atoms with Crippen LogP contribution in [-0.2, 0) is 0 Å². The molecule has 3 heteroatoms. The Hall–Kier alpha value is -0.540. The highest BCUT2D eigenvalue weighted by Crippen LogP contribution is 2.46. The first-order valence-corrected chi connectivity index (χ1v) is 8.79. The summed E-state index contributed by atoms with van der Waals surface area (Å²) in [5, 5.41) is 4.00. The van der Waals surface area contributed by atoms with E-state index in [1.165, 1.54) is 37.7 Å². The Kier molecular flexibility index (Phi) is 3.51. The van der Waals surface area contributed by atoms with Crippen molar-refractivity contribution >= 4 is 15.9 Å². The van der Waals surface area contributed by atoms with Crippen LogP contribution in [0.25, 0.3) is 0 Å². The molecular formula is C17H22BrNO. The van der Waals surface area contributed by atoms with Crippen LogP contribution in [0.3, 0.4) is 0 Å². The molecular weight excluding hydrogens is 314 g/mol. The van der Waals surface area contributed by atoms with Gasteiger partial charge in [0.05, 0.1) is 6.61 Å². The van der Waals surface area contributed by atoms with Crippen molar-refractivity contribution in [3.63, 3.8) is 0 Å². The van der Waals surface area contributed by atoms with Gasteiger partial charge in [0.25, 0.3) is 0 Å². The first-order chi connectivity index (χ1) is 9.81. The second kappa shape index (κ2) is 5.34. The van der Waals surface area contributed by atoms with Crippen LogP contribution in [0, 0.1) is 11.8 Å². The monoisotopic (exact) mass is 335 g/mol. The number of fused-ring (bicyclic) bond motifs is 1. The van der Waals surface area contributed by atoms with Crippen LogP contribution >= 0.6 is 15.9 Å². The lowest BCUT2D eigenvalue weighted by Gasteiger charge is -2.26. The van der Waals surface area contributed by atoms with Gasteiger partial charge in [-0.15, -0.1) is 0 Å². The van der Waals surface area contributed by atoms with E-state index < -0.39 is 0 Å². The number of benzene rings is 1. The molecule has 4 rings (SSSR count). The van der Waals surface area contributed by atoms with Gasteiger partial charge in [-0.25, -0.2) is 0 Å². The topological polar surface area (TPSA) is 21.3 Å². The van der Waals surface area contributed by atoms with Gasteiger partial charge in [-0.3, -0.25) is 0 Å². The molecule has 1 unspecified atom stereocenters. The van der Waals surface area contributed by atoms with E-state index in [0.29, 0.717) is 6.04 Å². The molecule has 0 spiro atoms. The smallest absolute Gasteiger partial charge is 0.125 e. The van der Waals surface area contributed by atoms with Gasteiger partial charge in [0.15, 0.2) is 0 Å². The zero-order valence-electron chi connectivity index (χ0n) is 11.8. The number of ether oxygens (including phenoxy) is 1. The maximum atomic E-state index is 5.92. The fourth-order valence-corrected chi connectivity index (χ4v) is 3.86. The molecule has 1 aliphatic heterocycles. The molecule has 20 heavy (non-hydrogen) atoms. The molecule has 0 bridgehead atoms. The van der Waals surface area contributed by atoms with Gasteiger partial charge in [-0.2, -0.15) is 0 Å². The van der Waals surface area contributed by atoms with Gasteiger partial charge in [0.2, 0.25) is 0 Å². The summed E-state index contributed by atoms with van der Waals surface area (Å²) in [5.41, 5.74) is 1.36. The lowest BCUT2D eigenvalue weighted by atomic mass is 9.98. The van der Waals surface area contributed by atoms with E-state index in [-0.39, 0.29) is 0 Å². The molecule has 1 aromatic rings. The largest absolute Gasteiger partial charge is 0.493 e. The van der Waals surface area contributed by atoms with Gasteiger partial charge in [-0.05, 0) is 62.5 Å². The highest BCUT2D eigenvalue weighted by atomic mass is 79.9. The van der Waals surface area contributed by atoms with Crippen molar-refractivity contribution < 1.29 is 4.74 Å². The Morgan fingerprint density at radius 3 is 2.55 bits per heavy atom. The molecule has 1 aromatic carbocycles. The average Bonchev–Trinajstić information content (AvgIpc) is 3.29. The molecule has 108 valence electrons. The Balaban J connectivity index is 1.57. The summed E-state index contributed by atoms with van der Waals surface area (Å²) in [4.78, 5) is 0. The van der Waals surface area contributed by atoms with Crippen molar-refractivity contribution in [2.45, 2.75) is 50.6 Å². The molecule has 1 atom stereocenters. The van der Waals surface area contributed by atoms with Crippen LogP contribution in [-0.4, -0.2) is 12.6 Å². The van der Waals surface area contributed by atoms with E-state index in [1.54, 1.807) is 0 Å². The van der Waals surface area contributed by atoms with Gasteiger partial charge in [0.1, 0.15) is 5.75 Å². The zero-order valence-corrected chi connectivity index (χ0v) is 13.4. The summed E-state index contributed by atoms with van der Waals surface area (Å²) in [6.07, 6.45) is 8.08. The molecule has 0 aromatic heterocycles. The van der Waals surface area contributed by atoms with Crippen molar-refractivity contribution in [3.8, 4) is 5.75 Å². The standard InChI is InChI=1S/C17H22BrNO/c18-13-7-8-14-15(2-1-9-20-16(14)10-13)19-17(11-3-4-11)12-5-6-12/h7-8,10-12,15,17,19H,1-6,9H2. The maximum absolute atomic E-state index is 5.92. The summed E-state index contributed by atoms with van der Waals surface area (Å²) >= 11 is 3.55. The van der Waals surface area contributed by atoms with E-state index in [4.69, 9.17) is 4.74 Å². The zero-order chi connectivity index (χ0) is 13.5. The number of hydrogen-bond donors (Lipinski definition) is 1. The molecule has 2 nitrogen and oxygen atoms in total. The third kappa shape index (κ3) is 2.75. The van der Waals surface area contributed by atoms with Gasteiger partial charge >= 0.3 is 0 Å². The van der Waals surface area contributed by atoms with Crippen LogP contribution in [0.15, 0.2) is 22.7 Å². The predicted octanol–water partition coefficient (Wildman–Crippen LogP) is 4.44. The lowest BCUT2D eigenvalue weighted by molar-refractivity contribution is 0.311. The van der Waals surface area contributed by atoms with Crippen molar-refractivity contribution in [1.82, 2.24) is 5.32 Å². The van der Waals surface area contributed by atoms with Crippen molar-refractivity contribution in [2.24, 2.45) is 11.8 Å². The molecule has 1 N–H and O–H groups in total. The Morgan fingerprint density at radius 1 is 1.10 bits per heavy atom. The van der Waals surface area contributed by atoms with Crippen LogP contribution in [0.2, 0.25) is 0 Å². The van der Waals surface area contributed by atoms with Crippen LogP contribution < -0.4 is 10.1 Å². The number of halogens is 1. The minimum atomic E-state index is 0.479. The summed E-state index contributed by atoms with van der Waals surface area (Å²) in [6, 6.07) is 7.74. The van der Waals surface area contributed by atoms with E-state index >= 15 is 0 Å². The molecule has 2 saturated carbocycles. The summed E-state index contributed by atoms with van der Waals surface area (Å²) in [7, 11) is 0. The van der Waals surface area contributed by atoms with Gasteiger partial charge in [0, 0.05) is 22.1 Å². The minimum absolute atomic E-state index is 0.479. The second-order valence-electron chi connectivity index (χ2n) is 6.59. The Labute approximate surface area is 129 Å². The third-order valence-electron chi connectivity index (χ3n) is 4.90. The molecule has 2 aliphatic carbocycles. The van der Waals surface area contributed by atoms with E-state index in [9.17, 15) is 0 Å². The molecule has 2 fully saturated rings. The minimum Gasteiger partial charge on any atom is -0.493 e. The molecule has 1 heterocycles. The van der Waals surface area contributed by atoms with Crippen LogP contribution in [0.4, 0.5) is 0 Å². The number of rotatable bonds is 4. The SMILES string of the molecule is Brc1ccc2c(c1)OCCCC2NC(C1CC1)C1CC1. The first-order valence-electron chi connectivity index (χ1n) is 7.99. The van der Waals surface area contributed by atoms with E-state index in [0.717, 1.165) is 41.1 Å². The van der Waals surface area contributed by atoms with Crippen molar-refractivity contribution in [1.29, 1.82) is 0 Å². The Bertz CT molecular complexity index is 484. The second-order valence-corrected chi connectivity index (χ2v) is 7.51. The van der Waals surface area contributed by atoms with E-state index in [1.807, 2.05) is 0 Å². The summed E-state index contributed by atoms with van der Waals surface area (Å²) in [6.45, 7) is 0.846. The molecule has 0 saturated heterocycles. The molecule has 3 aliphatic rings. The van der Waals surface area contributed by atoms with Crippen LogP contribution in [0.1, 0.15) is 50.1 Å². The fraction of sp³-hybridized carbons (Fsp3) is 0.647. The Morgan fingerprint density at radius 2 is 1.85 bits per heavy atom. The van der Waals surface area contributed by atoms with Crippen molar-refractivity contribution in [3.05, 3.63) is 28.2 Å². The van der Waals surface area contributed by atoms with E-state index in [2.05, 4.69) is 39.4 Å². The number of hydrogen-bond acceptors (Lipinski definition) is 2.